The second-order valence-corrected chi connectivity index (χ2v) is 5.13. The lowest BCUT2D eigenvalue weighted by Crippen LogP contribution is -2.26. The molecule has 7 heteroatoms. The minimum absolute atomic E-state index is 0.00407. The van der Waals surface area contributed by atoms with Crippen LogP contribution in [-0.4, -0.2) is 31.7 Å². The fraction of sp³-hybridized carbons (Fsp3) is 0.462. The lowest BCUT2D eigenvalue weighted by molar-refractivity contribution is -0.0758. The number of benzene rings is 1. The Morgan fingerprint density at radius 1 is 1.45 bits per heavy atom. The summed E-state index contributed by atoms with van der Waals surface area (Å²) >= 11 is 1.65. The Morgan fingerprint density at radius 3 is 2.65 bits per heavy atom. The zero-order chi connectivity index (χ0) is 15.3. The monoisotopic (exact) mass is 399 g/mol. The Kier molecular flexibility index (Phi) is 6.60. The molecule has 0 N–H and O–H groups in total. The van der Waals surface area contributed by atoms with Gasteiger partial charge in [0.1, 0.15) is 0 Å². The molecule has 0 aliphatic heterocycles. The largest absolute Gasteiger partial charge is 0.488 e. The van der Waals surface area contributed by atoms with Crippen molar-refractivity contribution in [3.05, 3.63) is 26.8 Å². The maximum absolute atomic E-state index is 14.1. The smallest absolute Gasteiger partial charge is 0.278 e. The van der Waals surface area contributed by atoms with E-state index >= 15 is 0 Å². The Hall–Kier alpha value is -0.960. The summed E-state index contributed by atoms with van der Waals surface area (Å²) in [5.41, 5.74) is -0.104. The second-order valence-electron chi connectivity index (χ2n) is 4.05. The second kappa shape index (κ2) is 7.72. The van der Waals surface area contributed by atoms with E-state index in [1.165, 1.54) is 14.2 Å². The first kappa shape index (κ1) is 17.1. The number of nitrogens with zero attached hydrogens (tertiary/aromatic N) is 1. The number of hydrogen-bond donors (Lipinski definition) is 0. The predicted molar refractivity (Wildman–Crippen MR) is 78.6 cm³/mol. The highest BCUT2D eigenvalue weighted by molar-refractivity contribution is 14.1. The maximum atomic E-state index is 14.1. The average molecular weight is 399 g/mol. The van der Waals surface area contributed by atoms with Crippen LogP contribution in [0.4, 0.5) is 8.78 Å². The first-order valence-electron chi connectivity index (χ1n) is 6.06. The summed E-state index contributed by atoms with van der Waals surface area (Å²) in [5, 5.41) is 0.897. The summed E-state index contributed by atoms with van der Waals surface area (Å²) in [6.07, 6.45) is 1.55. The molecule has 1 aromatic rings. The van der Waals surface area contributed by atoms with Crippen LogP contribution in [-0.2, 0) is 4.84 Å². The van der Waals surface area contributed by atoms with Gasteiger partial charge in [-0.25, -0.2) is 13.8 Å². The first-order valence-corrected chi connectivity index (χ1v) is 7.14. The topological polar surface area (TPSA) is 38.8 Å². The molecule has 0 aliphatic rings. The van der Waals surface area contributed by atoms with Crippen molar-refractivity contribution in [2.24, 2.45) is 0 Å². The third-order valence-electron chi connectivity index (χ3n) is 2.65. The van der Waals surface area contributed by atoms with Crippen LogP contribution < -0.4 is 4.74 Å². The van der Waals surface area contributed by atoms with E-state index in [-0.39, 0.29) is 15.7 Å². The molecule has 0 atom stereocenters. The van der Waals surface area contributed by atoms with Crippen LogP contribution in [0.5, 0.6) is 5.75 Å². The number of carbonyl (C=O) groups is 1. The van der Waals surface area contributed by atoms with Crippen molar-refractivity contribution in [1.29, 1.82) is 0 Å². The van der Waals surface area contributed by atoms with Gasteiger partial charge in [-0.05, 0) is 35.1 Å². The molecule has 0 aliphatic carbocycles. The Labute approximate surface area is 130 Å². The summed E-state index contributed by atoms with van der Waals surface area (Å²) in [4.78, 5) is 16.6. The minimum Gasteiger partial charge on any atom is -0.488 e. The number of carbonyl (C=O) groups excluding carboxylic acids is 1. The van der Waals surface area contributed by atoms with Gasteiger partial charge in [-0.1, -0.05) is 13.3 Å². The van der Waals surface area contributed by atoms with Gasteiger partial charge in [0.15, 0.2) is 17.4 Å². The number of hydrogen-bond acceptors (Lipinski definition) is 3. The number of amides is 1. The molecule has 112 valence electrons. The van der Waals surface area contributed by atoms with Gasteiger partial charge in [-0.3, -0.25) is 9.63 Å². The number of unbranched alkanes of at least 4 members (excludes halogenated alkanes) is 1. The Bertz CT molecular complexity index is 497. The molecule has 0 aromatic heterocycles. The van der Waals surface area contributed by atoms with Crippen LogP contribution in [0.2, 0.25) is 0 Å². The molecular weight excluding hydrogens is 383 g/mol. The third kappa shape index (κ3) is 3.78. The van der Waals surface area contributed by atoms with Gasteiger partial charge in [0.2, 0.25) is 0 Å². The highest BCUT2D eigenvalue weighted by Crippen LogP contribution is 2.29. The van der Waals surface area contributed by atoms with Crippen LogP contribution in [0.3, 0.4) is 0 Å². The fourth-order valence-corrected chi connectivity index (χ4v) is 2.07. The van der Waals surface area contributed by atoms with E-state index in [4.69, 9.17) is 9.57 Å². The molecule has 1 amide bonds. The molecule has 1 rings (SSSR count). The van der Waals surface area contributed by atoms with Gasteiger partial charge in [-0.15, -0.1) is 0 Å². The zero-order valence-corrected chi connectivity index (χ0v) is 13.7. The van der Waals surface area contributed by atoms with Crippen LogP contribution in [0, 0.1) is 15.2 Å². The Morgan fingerprint density at radius 2 is 2.10 bits per heavy atom. The summed E-state index contributed by atoms with van der Waals surface area (Å²) in [6, 6.07) is 0.962. The molecule has 0 radical (unpaired) electrons. The third-order valence-corrected chi connectivity index (χ3v) is 3.71. The van der Waals surface area contributed by atoms with Gasteiger partial charge in [0.05, 0.1) is 22.9 Å². The molecule has 20 heavy (non-hydrogen) atoms. The van der Waals surface area contributed by atoms with Gasteiger partial charge < -0.3 is 4.74 Å². The lowest BCUT2D eigenvalue weighted by Gasteiger charge is -2.16. The van der Waals surface area contributed by atoms with Gasteiger partial charge in [0.25, 0.3) is 5.91 Å². The molecule has 0 bridgehead atoms. The van der Waals surface area contributed by atoms with Crippen molar-refractivity contribution in [2.45, 2.75) is 19.8 Å². The normalized spacial score (nSPS) is 10.5. The van der Waals surface area contributed by atoms with Crippen molar-refractivity contribution in [3.63, 3.8) is 0 Å². The highest BCUT2D eigenvalue weighted by Gasteiger charge is 2.24. The quantitative estimate of drug-likeness (QED) is 0.319. The summed E-state index contributed by atoms with van der Waals surface area (Å²) in [5.74, 6) is -2.84. The molecule has 0 saturated heterocycles. The van der Waals surface area contributed by atoms with Crippen molar-refractivity contribution in [1.82, 2.24) is 5.06 Å². The molecule has 0 unspecified atom stereocenters. The maximum Gasteiger partial charge on any atom is 0.278 e. The molecule has 0 fully saturated rings. The van der Waals surface area contributed by atoms with Crippen molar-refractivity contribution < 1.29 is 23.1 Å². The number of hydroxylamine groups is 2. The Balaban J connectivity index is 3.11. The molecule has 1 aromatic carbocycles. The fourth-order valence-electron chi connectivity index (χ4n) is 1.44. The van der Waals surface area contributed by atoms with Crippen LogP contribution in [0.1, 0.15) is 30.1 Å². The number of ether oxygens (including phenoxy) is 1. The zero-order valence-electron chi connectivity index (χ0n) is 11.5. The molecule has 4 nitrogen and oxygen atoms in total. The van der Waals surface area contributed by atoms with Crippen LogP contribution in [0.15, 0.2) is 6.07 Å². The predicted octanol–water partition coefficient (Wildman–Crippen LogP) is 3.38. The van der Waals surface area contributed by atoms with E-state index in [9.17, 15) is 13.6 Å². The number of rotatable bonds is 6. The average Bonchev–Trinajstić information content (AvgIpc) is 2.44. The highest BCUT2D eigenvalue weighted by atomic mass is 127. The van der Waals surface area contributed by atoms with E-state index in [0.29, 0.717) is 6.42 Å². The molecule has 0 heterocycles. The number of halogens is 3. The van der Waals surface area contributed by atoms with E-state index in [0.717, 1.165) is 17.6 Å². The van der Waals surface area contributed by atoms with Gasteiger partial charge in [0, 0.05) is 7.05 Å². The van der Waals surface area contributed by atoms with E-state index < -0.39 is 23.3 Å². The summed E-state index contributed by atoms with van der Waals surface area (Å²) in [6.45, 7) is 2.17. The molecular formula is C13H16F2INO3. The minimum atomic E-state index is -0.896. The first-order chi connectivity index (χ1) is 9.43. The van der Waals surface area contributed by atoms with Gasteiger partial charge in [-0.2, -0.15) is 0 Å². The van der Waals surface area contributed by atoms with Crippen LogP contribution >= 0.6 is 22.6 Å². The SMILES string of the molecule is CCCCOc1c(F)cc(C(=O)N(C)OC)c(I)c1F. The molecule has 0 saturated carbocycles. The van der Waals surface area contributed by atoms with Crippen molar-refractivity contribution in [2.75, 3.05) is 20.8 Å². The van der Waals surface area contributed by atoms with E-state index in [1.807, 2.05) is 6.92 Å². The van der Waals surface area contributed by atoms with Crippen molar-refractivity contribution >= 4 is 28.5 Å². The van der Waals surface area contributed by atoms with E-state index in [2.05, 4.69) is 0 Å². The lowest BCUT2D eigenvalue weighted by atomic mass is 10.2. The van der Waals surface area contributed by atoms with Crippen molar-refractivity contribution in [3.8, 4) is 5.75 Å². The standard InChI is InChI=1S/C13H16F2INO3/c1-4-5-6-20-12-9(14)7-8(11(16)10(12)15)13(18)17(2)19-3/h7H,4-6H2,1-3H3. The summed E-state index contributed by atoms with van der Waals surface area (Å²) < 4.78 is 33.1. The van der Waals surface area contributed by atoms with Crippen LogP contribution in [0.25, 0.3) is 0 Å². The van der Waals surface area contributed by atoms with Gasteiger partial charge >= 0.3 is 0 Å². The van der Waals surface area contributed by atoms with E-state index in [1.54, 1.807) is 22.6 Å². The summed E-state index contributed by atoms with van der Waals surface area (Å²) in [7, 11) is 2.65. The molecule has 0 spiro atoms.